The molecule has 150 valence electrons. The number of primary amides is 1. The number of amides is 2. The van der Waals surface area contributed by atoms with Gasteiger partial charge in [-0.05, 0) is 42.8 Å². The minimum Gasteiger partial charge on any atom is -0.497 e. The first kappa shape index (κ1) is 20.9. The van der Waals surface area contributed by atoms with Crippen LogP contribution >= 0.6 is 0 Å². The second kappa shape index (κ2) is 11.3. The molecule has 0 atom stereocenters. The van der Waals surface area contributed by atoms with Crippen LogP contribution in [0.5, 0.6) is 23.0 Å². The first-order valence-corrected chi connectivity index (χ1v) is 8.87. The molecule has 8 nitrogen and oxygen atoms in total. The third-order valence-corrected chi connectivity index (χ3v) is 3.51. The summed E-state index contributed by atoms with van der Waals surface area (Å²) in [5, 5.41) is 3.73. The number of carbonyl (C=O) groups excluding carboxylic acids is 1. The van der Waals surface area contributed by atoms with E-state index in [1.165, 1.54) is 6.21 Å². The number of rotatable bonds is 11. The Morgan fingerprint density at radius 3 is 2.61 bits per heavy atom. The van der Waals surface area contributed by atoms with Crippen molar-refractivity contribution in [1.29, 1.82) is 0 Å². The standard InChI is InChI=1S/C20H25N3O5/c1-3-26-19-12-15(14-22-23-20(21)24)8-9-18(19)28-11-5-10-27-17-7-4-6-16(13-17)25-2/h4,6-9,12-14H,3,5,10-11H2,1-2H3,(H3,21,23,24)/b22-14-. The Kier molecular flexibility index (Phi) is 8.45. The third-order valence-electron chi connectivity index (χ3n) is 3.51. The van der Waals surface area contributed by atoms with Gasteiger partial charge in [-0.3, -0.25) is 0 Å². The van der Waals surface area contributed by atoms with Crippen molar-refractivity contribution < 1.29 is 23.7 Å². The van der Waals surface area contributed by atoms with Crippen LogP contribution in [0.4, 0.5) is 4.79 Å². The molecule has 2 aromatic carbocycles. The molecule has 0 aliphatic rings. The number of hydrogen-bond donors (Lipinski definition) is 2. The van der Waals surface area contributed by atoms with Crippen molar-refractivity contribution in [3.8, 4) is 23.0 Å². The summed E-state index contributed by atoms with van der Waals surface area (Å²) in [4.78, 5) is 10.6. The molecule has 28 heavy (non-hydrogen) atoms. The van der Waals surface area contributed by atoms with E-state index in [0.717, 1.165) is 17.1 Å². The number of methoxy groups -OCH3 is 1. The lowest BCUT2D eigenvalue weighted by atomic mass is 10.2. The molecule has 0 radical (unpaired) electrons. The molecule has 2 aromatic rings. The van der Waals surface area contributed by atoms with E-state index < -0.39 is 6.03 Å². The van der Waals surface area contributed by atoms with E-state index >= 15 is 0 Å². The fraction of sp³-hybridized carbons (Fsp3) is 0.300. The van der Waals surface area contributed by atoms with Crippen molar-refractivity contribution in [2.24, 2.45) is 10.8 Å². The van der Waals surface area contributed by atoms with Gasteiger partial charge in [-0.2, -0.15) is 5.10 Å². The van der Waals surface area contributed by atoms with Crippen LogP contribution in [0.25, 0.3) is 0 Å². The highest BCUT2D eigenvalue weighted by Gasteiger charge is 2.06. The molecule has 2 rings (SSSR count). The van der Waals surface area contributed by atoms with Gasteiger partial charge in [0.15, 0.2) is 11.5 Å². The number of urea groups is 1. The summed E-state index contributed by atoms with van der Waals surface area (Å²) in [5.74, 6) is 2.73. The molecule has 3 N–H and O–H groups in total. The zero-order valence-electron chi connectivity index (χ0n) is 16.0. The van der Waals surface area contributed by atoms with Gasteiger partial charge in [-0.25, -0.2) is 10.2 Å². The Labute approximate surface area is 164 Å². The average molecular weight is 387 g/mol. The Morgan fingerprint density at radius 2 is 1.86 bits per heavy atom. The number of hydrogen-bond acceptors (Lipinski definition) is 6. The Bertz CT molecular complexity index is 795. The lowest BCUT2D eigenvalue weighted by Gasteiger charge is -2.13. The zero-order valence-corrected chi connectivity index (χ0v) is 16.0. The highest BCUT2D eigenvalue weighted by Crippen LogP contribution is 2.28. The van der Waals surface area contributed by atoms with Crippen LogP contribution in [0, 0.1) is 0 Å². The molecular weight excluding hydrogens is 362 g/mol. The highest BCUT2D eigenvalue weighted by atomic mass is 16.5. The summed E-state index contributed by atoms with van der Waals surface area (Å²) in [6, 6.07) is 12.1. The normalized spacial score (nSPS) is 10.5. The van der Waals surface area contributed by atoms with Crippen LogP contribution in [0.2, 0.25) is 0 Å². The van der Waals surface area contributed by atoms with Gasteiger partial charge in [0.05, 0.1) is 33.1 Å². The number of ether oxygens (including phenoxy) is 4. The van der Waals surface area contributed by atoms with Crippen molar-refractivity contribution in [2.75, 3.05) is 26.9 Å². The number of hydrazone groups is 1. The summed E-state index contributed by atoms with van der Waals surface area (Å²) < 4.78 is 22.3. The number of nitrogens with two attached hydrogens (primary N) is 1. The highest BCUT2D eigenvalue weighted by molar-refractivity contribution is 5.82. The minimum absolute atomic E-state index is 0.473. The summed E-state index contributed by atoms with van der Waals surface area (Å²) in [5.41, 5.74) is 7.85. The van der Waals surface area contributed by atoms with Crippen molar-refractivity contribution in [2.45, 2.75) is 13.3 Å². The topological polar surface area (TPSA) is 104 Å². The van der Waals surface area contributed by atoms with Gasteiger partial charge in [0.1, 0.15) is 11.5 Å². The van der Waals surface area contributed by atoms with Crippen LogP contribution in [0.3, 0.4) is 0 Å². The maximum Gasteiger partial charge on any atom is 0.332 e. The van der Waals surface area contributed by atoms with Gasteiger partial charge in [0, 0.05) is 12.5 Å². The third kappa shape index (κ3) is 7.06. The summed E-state index contributed by atoms with van der Waals surface area (Å²) in [6.45, 7) is 3.37. The Morgan fingerprint density at radius 1 is 1.07 bits per heavy atom. The predicted octanol–water partition coefficient (Wildman–Crippen LogP) is 2.94. The number of carbonyl (C=O) groups is 1. The van der Waals surface area contributed by atoms with E-state index in [1.54, 1.807) is 25.3 Å². The average Bonchev–Trinajstić information content (AvgIpc) is 2.69. The van der Waals surface area contributed by atoms with E-state index in [-0.39, 0.29) is 0 Å². The van der Waals surface area contributed by atoms with E-state index in [0.29, 0.717) is 37.7 Å². The Hall–Kier alpha value is -3.42. The number of nitrogens with zero attached hydrogens (tertiary/aromatic N) is 1. The second-order valence-electron chi connectivity index (χ2n) is 5.60. The summed E-state index contributed by atoms with van der Waals surface area (Å²) in [7, 11) is 1.62. The van der Waals surface area contributed by atoms with Crippen molar-refractivity contribution in [3.05, 3.63) is 48.0 Å². The predicted molar refractivity (Wildman–Crippen MR) is 107 cm³/mol. The fourth-order valence-corrected chi connectivity index (χ4v) is 2.28. The second-order valence-corrected chi connectivity index (χ2v) is 5.60. The largest absolute Gasteiger partial charge is 0.497 e. The van der Waals surface area contributed by atoms with E-state index in [1.807, 2.05) is 31.2 Å². The first-order chi connectivity index (χ1) is 13.6. The molecule has 0 heterocycles. The molecule has 0 unspecified atom stereocenters. The molecule has 8 heteroatoms. The minimum atomic E-state index is -0.725. The summed E-state index contributed by atoms with van der Waals surface area (Å²) in [6.07, 6.45) is 2.17. The molecule has 0 fully saturated rings. The molecule has 0 aliphatic carbocycles. The first-order valence-electron chi connectivity index (χ1n) is 8.87. The molecular formula is C20H25N3O5. The smallest absolute Gasteiger partial charge is 0.332 e. The van der Waals surface area contributed by atoms with Crippen LogP contribution in [-0.4, -0.2) is 39.2 Å². The molecule has 0 saturated carbocycles. The molecule has 2 amide bonds. The van der Waals surface area contributed by atoms with E-state index in [4.69, 9.17) is 24.7 Å². The van der Waals surface area contributed by atoms with Gasteiger partial charge in [-0.1, -0.05) is 6.07 Å². The molecule has 0 saturated heterocycles. The maximum absolute atomic E-state index is 10.6. The van der Waals surface area contributed by atoms with Gasteiger partial charge in [-0.15, -0.1) is 0 Å². The quantitative estimate of drug-likeness (QED) is 0.350. The van der Waals surface area contributed by atoms with Crippen molar-refractivity contribution >= 4 is 12.2 Å². The number of benzene rings is 2. The summed E-state index contributed by atoms with van der Waals surface area (Å²) >= 11 is 0. The lowest BCUT2D eigenvalue weighted by Crippen LogP contribution is -2.24. The molecule has 0 spiro atoms. The molecule has 0 aromatic heterocycles. The monoisotopic (exact) mass is 387 g/mol. The van der Waals surface area contributed by atoms with Gasteiger partial charge >= 0.3 is 6.03 Å². The van der Waals surface area contributed by atoms with E-state index in [2.05, 4.69) is 10.5 Å². The zero-order chi connectivity index (χ0) is 20.2. The Balaban J connectivity index is 1.84. The van der Waals surface area contributed by atoms with Crippen LogP contribution in [0.15, 0.2) is 47.6 Å². The van der Waals surface area contributed by atoms with Crippen LogP contribution in [-0.2, 0) is 0 Å². The van der Waals surface area contributed by atoms with Crippen molar-refractivity contribution in [3.63, 3.8) is 0 Å². The van der Waals surface area contributed by atoms with E-state index in [9.17, 15) is 4.79 Å². The van der Waals surface area contributed by atoms with Crippen LogP contribution in [0.1, 0.15) is 18.9 Å². The molecule has 0 bridgehead atoms. The molecule has 0 aliphatic heterocycles. The number of nitrogens with one attached hydrogen (secondary N) is 1. The lowest BCUT2D eigenvalue weighted by molar-refractivity contribution is 0.235. The SMILES string of the molecule is CCOc1cc(/C=N\NC(N)=O)ccc1OCCCOc1cccc(OC)c1. The van der Waals surface area contributed by atoms with Gasteiger partial charge in [0.25, 0.3) is 0 Å². The van der Waals surface area contributed by atoms with Crippen molar-refractivity contribution in [1.82, 2.24) is 5.43 Å². The van der Waals surface area contributed by atoms with Crippen LogP contribution < -0.4 is 30.1 Å². The van der Waals surface area contributed by atoms with Gasteiger partial charge < -0.3 is 24.7 Å². The van der Waals surface area contributed by atoms with Gasteiger partial charge in [0.2, 0.25) is 0 Å². The fourth-order valence-electron chi connectivity index (χ4n) is 2.28. The maximum atomic E-state index is 10.6.